The van der Waals surface area contributed by atoms with Crippen LogP contribution in [-0.4, -0.2) is 18.3 Å². The Morgan fingerprint density at radius 2 is 2.25 bits per heavy atom. The lowest BCUT2D eigenvalue weighted by Gasteiger charge is -2.18. The van der Waals surface area contributed by atoms with Crippen molar-refractivity contribution in [2.75, 3.05) is 7.11 Å². The van der Waals surface area contributed by atoms with E-state index in [4.69, 9.17) is 4.74 Å². The molecule has 1 aromatic carbocycles. The van der Waals surface area contributed by atoms with Crippen LogP contribution in [0.15, 0.2) is 18.2 Å². The Bertz CT molecular complexity index is 361. The van der Waals surface area contributed by atoms with Gasteiger partial charge in [0.15, 0.2) is 11.5 Å². The molecule has 3 heteroatoms. The van der Waals surface area contributed by atoms with Gasteiger partial charge in [0.1, 0.15) is 0 Å². The monoisotopic (exact) mass is 221 g/mol. The summed E-state index contributed by atoms with van der Waals surface area (Å²) in [6.07, 6.45) is 3.61. The van der Waals surface area contributed by atoms with Crippen molar-refractivity contribution in [3.05, 3.63) is 23.8 Å². The summed E-state index contributed by atoms with van der Waals surface area (Å²) >= 11 is 0. The summed E-state index contributed by atoms with van der Waals surface area (Å²) in [5.41, 5.74) is 1.18. The van der Waals surface area contributed by atoms with Crippen LogP contribution in [-0.2, 0) is 0 Å². The van der Waals surface area contributed by atoms with Crippen molar-refractivity contribution in [1.29, 1.82) is 0 Å². The van der Waals surface area contributed by atoms with Crippen LogP contribution in [0.3, 0.4) is 0 Å². The van der Waals surface area contributed by atoms with Crippen LogP contribution in [0.4, 0.5) is 0 Å². The fourth-order valence-corrected chi connectivity index (χ4v) is 1.90. The van der Waals surface area contributed by atoms with Gasteiger partial charge in [-0.25, -0.2) is 0 Å². The fourth-order valence-electron chi connectivity index (χ4n) is 1.90. The van der Waals surface area contributed by atoms with Gasteiger partial charge in [-0.05, 0) is 37.0 Å². The van der Waals surface area contributed by atoms with Gasteiger partial charge in [0.25, 0.3) is 0 Å². The number of phenols is 1. The van der Waals surface area contributed by atoms with E-state index >= 15 is 0 Å². The van der Waals surface area contributed by atoms with Crippen LogP contribution in [0.25, 0.3) is 0 Å². The SMILES string of the molecule is CCC(NC1CC1)c1ccc(O)c(OC)c1. The zero-order valence-electron chi connectivity index (χ0n) is 9.86. The molecule has 1 atom stereocenters. The number of hydrogen-bond acceptors (Lipinski definition) is 3. The number of ether oxygens (including phenoxy) is 1. The first kappa shape index (κ1) is 11.3. The average molecular weight is 221 g/mol. The van der Waals surface area contributed by atoms with Crippen molar-refractivity contribution >= 4 is 0 Å². The number of aromatic hydroxyl groups is 1. The molecular formula is C13H19NO2. The van der Waals surface area contributed by atoms with Crippen LogP contribution >= 0.6 is 0 Å². The second-order valence-electron chi connectivity index (χ2n) is 4.33. The van der Waals surface area contributed by atoms with Crippen molar-refractivity contribution in [2.45, 2.75) is 38.3 Å². The Morgan fingerprint density at radius 3 is 2.81 bits per heavy atom. The Labute approximate surface area is 96.4 Å². The predicted octanol–water partition coefficient (Wildman–Crippen LogP) is 2.60. The maximum Gasteiger partial charge on any atom is 0.160 e. The smallest absolute Gasteiger partial charge is 0.160 e. The number of phenolic OH excluding ortho intramolecular Hbond substituents is 1. The minimum atomic E-state index is 0.201. The summed E-state index contributed by atoms with van der Waals surface area (Å²) in [6, 6.07) is 6.62. The summed E-state index contributed by atoms with van der Waals surface area (Å²) in [6.45, 7) is 2.17. The van der Waals surface area contributed by atoms with Gasteiger partial charge >= 0.3 is 0 Å². The van der Waals surface area contributed by atoms with Crippen molar-refractivity contribution in [2.24, 2.45) is 0 Å². The summed E-state index contributed by atoms with van der Waals surface area (Å²) in [5, 5.41) is 13.1. The zero-order valence-corrected chi connectivity index (χ0v) is 9.86. The van der Waals surface area contributed by atoms with E-state index in [1.807, 2.05) is 12.1 Å². The van der Waals surface area contributed by atoms with E-state index in [0.29, 0.717) is 17.8 Å². The first-order chi connectivity index (χ1) is 7.74. The average Bonchev–Trinajstić information content (AvgIpc) is 3.11. The van der Waals surface area contributed by atoms with Crippen molar-refractivity contribution < 1.29 is 9.84 Å². The first-order valence-corrected chi connectivity index (χ1v) is 5.87. The molecule has 1 unspecified atom stereocenters. The Hall–Kier alpha value is -1.22. The summed E-state index contributed by atoms with van der Waals surface area (Å²) in [7, 11) is 1.58. The summed E-state index contributed by atoms with van der Waals surface area (Å²) in [5.74, 6) is 0.751. The van der Waals surface area contributed by atoms with Crippen LogP contribution < -0.4 is 10.1 Å². The molecule has 2 N–H and O–H groups in total. The van der Waals surface area contributed by atoms with Crippen LogP contribution in [0.2, 0.25) is 0 Å². The molecule has 1 saturated carbocycles. The van der Waals surface area contributed by atoms with Crippen molar-refractivity contribution in [3.8, 4) is 11.5 Å². The molecule has 1 aromatic rings. The summed E-state index contributed by atoms with van der Waals surface area (Å²) in [4.78, 5) is 0. The van der Waals surface area contributed by atoms with Gasteiger partial charge in [-0.3, -0.25) is 0 Å². The molecule has 0 radical (unpaired) electrons. The minimum Gasteiger partial charge on any atom is -0.504 e. The molecule has 16 heavy (non-hydrogen) atoms. The standard InChI is InChI=1S/C13H19NO2/c1-3-11(14-10-5-6-10)9-4-7-12(15)13(8-9)16-2/h4,7-8,10-11,14-15H,3,5-6H2,1-2H3. The number of rotatable bonds is 5. The summed E-state index contributed by atoms with van der Waals surface area (Å²) < 4.78 is 5.12. The molecule has 1 fully saturated rings. The molecular weight excluding hydrogens is 202 g/mol. The number of hydrogen-bond donors (Lipinski definition) is 2. The van der Waals surface area contributed by atoms with Gasteiger partial charge in [-0.15, -0.1) is 0 Å². The third-order valence-electron chi connectivity index (χ3n) is 3.03. The molecule has 0 spiro atoms. The molecule has 3 nitrogen and oxygen atoms in total. The maximum absolute atomic E-state index is 9.54. The highest BCUT2D eigenvalue weighted by molar-refractivity contribution is 5.42. The molecule has 0 saturated heterocycles. The molecule has 2 rings (SSSR count). The van der Waals surface area contributed by atoms with E-state index < -0.39 is 0 Å². The van der Waals surface area contributed by atoms with Gasteiger partial charge in [0.2, 0.25) is 0 Å². The molecule has 0 bridgehead atoms. The predicted molar refractivity (Wildman–Crippen MR) is 63.8 cm³/mol. The minimum absolute atomic E-state index is 0.201. The topological polar surface area (TPSA) is 41.5 Å². The third-order valence-corrected chi connectivity index (χ3v) is 3.03. The van der Waals surface area contributed by atoms with Gasteiger partial charge in [0.05, 0.1) is 7.11 Å². The van der Waals surface area contributed by atoms with Crippen LogP contribution in [0.1, 0.15) is 37.8 Å². The molecule has 0 heterocycles. The van der Waals surface area contributed by atoms with Crippen LogP contribution in [0, 0.1) is 0 Å². The lowest BCUT2D eigenvalue weighted by Crippen LogP contribution is -2.22. The van der Waals surface area contributed by atoms with Gasteiger partial charge in [0, 0.05) is 12.1 Å². The van der Waals surface area contributed by atoms with Gasteiger partial charge < -0.3 is 15.2 Å². The second kappa shape index (κ2) is 4.74. The quantitative estimate of drug-likeness (QED) is 0.803. The Kier molecular flexibility index (Phi) is 3.34. The lowest BCUT2D eigenvalue weighted by molar-refractivity contribution is 0.371. The molecule has 0 aliphatic heterocycles. The highest BCUT2D eigenvalue weighted by Crippen LogP contribution is 2.31. The normalized spacial score (nSPS) is 17.1. The maximum atomic E-state index is 9.54. The third kappa shape index (κ3) is 2.47. The van der Waals surface area contributed by atoms with E-state index in [0.717, 1.165) is 6.42 Å². The molecule has 0 aromatic heterocycles. The highest BCUT2D eigenvalue weighted by Gasteiger charge is 2.24. The van der Waals surface area contributed by atoms with Crippen LogP contribution in [0.5, 0.6) is 11.5 Å². The van der Waals surface area contributed by atoms with E-state index in [9.17, 15) is 5.11 Å². The van der Waals surface area contributed by atoms with E-state index in [1.165, 1.54) is 18.4 Å². The van der Waals surface area contributed by atoms with Crippen molar-refractivity contribution in [1.82, 2.24) is 5.32 Å². The number of methoxy groups -OCH3 is 1. The van der Waals surface area contributed by atoms with Gasteiger partial charge in [-0.2, -0.15) is 0 Å². The molecule has 88 valence electrons. The second-order valence-corrected chi connectivity index (χ2v) is 4.33. The van der Waals surface area contributed by atoms with E-state index in [2.05, 4.69) is 12.2 Å². The number of nitrogens with one attached hydrogen (secondary N) is 1. The van der Waals surface area contributed by atoms with E-state index in [-0.39, 0.29) is 5.75 Å². The largest absolute Gasteiger partial charge is 0.504 e. The fraction of sp³-hybridized carbons (Fsp3) is 0.538. The Morgan fingerprint density at radius 1 is 1.50 bits per heavy atom. The lowest BCUT2D eigenvalue weighted by atomic mass is 10.0. The highest BCUT2D eigenvalue weighted by atomic mass is 16.5. The van der Waals surface area contributed by atoms with E-state index in [1.54, 1.807) is 13.2 Å². The number of benzene rings is 1. The van der Waals surface area contributed by atoms with Gasteiger partial charge in [-0.1, -0.05) is 13.0 Å². The molecule has 1 aliphatic rings. The molecule has 0 amide bonds. The Balaban J connectivity index is 2.16. The van der Waals surface area contributed by atoms with Crippen molar-refractivity contribution in [3.63, 3.8) is 0 Å². The molecule has 1 aliphatic carbocycles. The zero-order chi connectivity index (χ0) is 11.5. The first-order valence-electron chi connectivity index (χ1n) is 5.87.